The zero-order valence-electron chi connectivity index (χ0n) is 12.0. The Bertz CT molecular complexity index is 937. The summed E-state index contributed by atoms with van der Waals surface area (Å²) in [7, 11) is -3.70. The van der Waals surface area contributed by atoms with Gasteiger partial charge in [0.05, 0.1) is 4.90 Å². The highest BCUT2D eigenvalue weighted by atomic mass is 35.5. The molecule has 0 saturated heterocycles. The predicted octanol–water partition coefficient (Wildman–Crippen LogP) is 3.50. The molecule has 0 fully saturated rings. The lowest BCUT2D eigenvalue weighted by Gasteiger charge is -2.08. The van der Waals surface area contributed by atoms with E-state index in [2.05, 4.69) is 14.9 Å². The van der Waals surface area contributed by atoms with E-state index < -0.39 is 10.0 Å². The number of hydrogen-bond donors (Lipinski definition) is 1. The summed E-state index contributed by atoms with van der Waals surface area (Å²) < 4.78 is 32.3. The first-order valence-electron chi connectivity index (χ1n) is 6.63. The quantitative estimate of drug-likeness (QED) is 0.779. The molecule has 0 aliphatic carbocycles. The van der Waals surface area contributed by atoms with Gasteiger partial charge in [-0.15, -0.1) is 0 Å². The van der Waals surface area contributed by atoms with Crippen LogP contribution in [0.15, 0.2) is 57.9 Å². The Morgan fingerprint density at radius 2 is 1.87 bits per heavy atom. The van der Waals surface area contributed by atoms with Gasteiger partial charge in [-0.1, -0.05) is 22.8 Å². The maximum atomic E-state index is 12.4. The van der Waals surface area contributed by atoms with E-state index in [1.807, 2.05) is 0 Å². The zero-order valence-corrected chi connectivity index (χ0v) is 13.6. The Morgan fingerprint density at radius 3 is 2.52 bits per heavy atom. The standard InChI is InChI=1S/C15H12ClN3O3S/c1-10-17-15(22-18-10)11-3-2-4-13(9-11)19-23(20,21)14-7-5-12(16)6-8-14/h2-9,19H,1H3. The summed E-state index contributed by atoms with van der Waals surface area (Å²) in [5.41, 5.74) is 1.02. The van der Waals surface area contributed by atoms with E-state index >= 15 is 0 Å². The van der Waals surface area contributed by atoms with Crippen LogP contribution in [0.1, 0.15) is 5.82 Å². The van der Waals surface area contributed by atoms with Crippen LogP contribution in [0.5, 0.6) is 0 Å². The second kappa shape index (κ2) is 6.02. The van der Waals surface area contributed by atoms with Gasteiger partial charge in [0.25, 0.3) is 15.9 Å². The van der Waals surface area contributed by atoms with Gasteiger partial charge in [0.1, 0.15) is 0 Å². The van der Waals surface area contributed by atoms with Crippen LogP contribution in [0, 0.1) is 6.92 Å². The molecule has 0 spiro atoms. The van der Waals surface area contributed by atoms with E-state index in [9.17, 15) is 8.42 Å². The topological polar surface area (TPSA) is 85.1 Å². The van der Waals surface area contributed by atoms with Crippen LogP contribution in [0.25, 0.3) is 11.5 Å². The molecule has 0 unspecified atom stereocenters. The molecule has 6 nitrogen and oxygen atoms in total. The van der Waals surface area contributed by atoms with Crippen LogP contribution in [0.4, 0.5) is 5.69 Å². The number of halogens is 1. The van der Waals surface area contributed by atoms with Crippen LogP contribution in [0.3, 0.4) is 0 Å². The summed E-state index contributed by atoms with van der Waals surface area (Å²) in [4.78, 5) is 4.24. The van der Waals surface area contributed by atoms with E-state index in [1.165, 1.54) is 24.3 Å². The monoisotopic (exact) mass is 349 g/mol. The molecule has 2 aromatic carbocycles. The minimum Gasteiger partial charge on any atom is -0.334 e. The molecule has 0 saturated carbocycles. The van der Waals surface area contributed by atoms with Crippen molar-refractivity contribution in [1.82, 2.24) is 10.1 Å². The molecule has 0 aliphatic rings. The molecule has 1 aromatic heterocycles. The second-order valence-corrected chi connectivity index (χ2v) is 6.91. The van der Waals surface area contributed by atoms with Gasteiger partial charge >= 0.3 is 0 Å². The summed E-state index contributed by atoms with van der Waals surface area (Å²) in [6.45, 7) is 1.71. The number of hydrogen-bond acceptors (Lipinski definition) is 5. The van der Waals surface area contributed by atoms with E-state index in [-0.39, 0.29) is 4.90 Å². The van der Waals surface area contributed by atoms with Crippen molar-refractivity contribution >= 4 is 27.3 Å². The van der Waals surface area contributed by atoms with Gasteiger partial charge in [-0.25, -0.2) is 8.42 Å². The maximum absolute atomic E-state index is 12.4. The number of sulfonamides is 1. The number of aromatic nitrogens is 2. The number of anilines is 1. The third-order valence-corrected chi connectivity index (χ3v) is 4.66. The average molecular weight is 350 g/mol. The predicted molar refractivity (Wildman–Crippen MR) is 86.7 cm³/mol. The summed E-state index contributed by atoms with van der Waals surface area (Å²) in [6, 6.07) is 12.6. The van der Waals surface area contributed by atoms with E-state index in [1.54, 1.807) is 31.2 Å². The first-order chi connectivity index (χ1) is 10.9. The van der Waals surface area contributed by atoms with Crippen molar-refractivity contribution in [3.05, 3.63) is 59.4 Å². The Hall–Kier alpha value is -2.38. The molecule has 1 heterocycles. The summed E-state index contributed by atoms with van der Waals surface area (Å²) in [5, 5.41) is 4.19. The summed E-state index contributed by atoms with van der Waals surface area (Å²) >= 11 is 5.77. The molecule has 118 valence electrons. The zero-order chi connectivity index (χ0) is 16.4. The molecule has 0 bridgehead atoms. The van der Waals surface area contributed by atoms with Gasteiger partial charge in [-0.05, 0) is 49.4 Å². The highest BCUT2D eigenvalue weighted by molar-refractivity contribution is 7.92. The molecule has 0 aliphatic heterocycles. The largest absolute Gasteiger partial charge is 0.334 e. The molecule has 23 heavy (non-hydrogen) atoms. The van der Waals surface area contributed by atoms with Crippen molar-refractivity contribution in [2.45, 2.75) is 11.8 Å². The van der Waals surface area contributed by atoms with Crippen molar-refractivity contribution in [3.63, 3.8) is 0 Å². The van der Waals surface area contributed by atoms with Gasteiger partial charge in [-0.2, -0.15) is 4.98 Å². The number of rotatable bonds is 4. The fourth-order valence-electron chi connectivity index (χ4n) is 1.96. The fraction of sp³-hybridized carbons (Fsp3) is 0.0667. The normalized spacial score (nSPS) is 11.4. The number of nitrogens with one attached hydrogen (secondary N) is 1. The second-order valence-electron chi connectivity index (χ2n) is 4.79. The van der Waals surface area contributed by atoms with E-state index in [0.717, 1.165) is 0 Å². The fourth-order valence-corrected chi connectivity index (χ4v) is 3.13. The molecule has 8 heteroatoms. The Balaban J connectivity index is 1.89. The van der Waals surface area contributed by atoms with Crippen LogP contribution in [-0.4, -0.2) is 18.6 Å². The Kier molecular flexibility index (Phi) is 4.06. The number of nitrogens with zero attached hydrogens (tertiary/aromatic N) is 2. The molecule has 3 aromatic rings. The smallest absolute Gasteiger partial charge is 0.261 e. The molecular formula is C15H12ClN3O3S. The van der Waals surface area contributed by atoms with Crippen molar-refractivity contribution < 1.29 is 12.9 Å². The maximum Gasteiger partial charge on any atom is 0.261 e. The molecular weight excluding hydrogens is 338 g/mol. The minimum absolute atomic E-state index is 0.126. The van der Waals surface area contributed by atoms with Crippen LogP contribution in [0.2, 0.25) is 5.02 Å². The SMILES string of the molecule is Cc1noc(-c2cccc(NS(=O)(=O)c3ccc(Cl)cc3)c2)n1. The van der Waals surface area contributed by atoms with Crippen molar-refractivity contribution in [2.75, 3.05) is 4.72 Å². The highest BCUT2D eigenvalue weighted by Crippen LogP contribution is 2.23. The van der Waals surface area contributed by atoms with Crippen molar-refractivity contribution in [1.29, 1.82) is 0 Å². The molecule has 0 radical (unpaired) electrons. The van der Waals surface area contributed by atoms with Gasteiger partial charge in [-0.3, -0.25) is 4.72 Å². The third-order valence-electron chi connectivity index (χ3n) is 3.01. The molecule has 0 amide bonds. The van der Waals surface area contributed by atoms with Crippen LogP contribution >= 0.6 is 11.6 Å². The third kappa shape index (κ3) is 3.52. The van der Waals surface area contributed by atoms with Crippen molar-refractivity contribution in [2.24, 2.45) is 0 Å². The lowest BCUT2D eigenvalue weighted by atomic mass is 10.2. The molecule has 0 atom stereocenters. The summed E-state index contributed by atoms with van der Waals surface area (Å²) in [5.74, 6) is 0.835. The molecule has 3 rings (SSSR count). The Morgan fingerprint density at radius 1 is 1.13 bits per heavy atom. The highest BCUT2D eigenvalue weighted by Gasteiger charge is 2.15. The van der Waals surface area contributed by atoms with Gasteiger partial charge < -0.3 is 4.52 Å². The van der Waals surface area contributed by atoms with Crippen LogP contribution in [-0.2, 0) is 10.0 Å². The van der Waals surface area contributed by atoms with E-state index in [4.69, 9.17) is 16.1 Å². The summed E-state index contributed by atoms with van der Waals surface area (Å²) in [6.07, 6.45) is 0. The first-order valence-corrected chi connectivity index (χ1v) is 8.49. The Labute approximate surface area is 138 Å². The lowest BCUT2D eigenvalue weighted by molar-refractivity contribution is 0.425. The lowest BCUT2D eigenvalue weighted by Crippen LogP contribution is -2.12. The number of benzene rings is 2. The van der Waals surface area contributed by atoms with Gasteiger partial charge in [0.2, 0.25) is 0 Å². The number of aryl methyl sites for hydroxylation is 1. The molecule has 1 N–H and O–H groups in total. The van der Waals surface area contributed by atoms with Crippen LogP contribution < -0.4 is 4.72 Å². The van der Waals surface area contributed by atoms with Crippen molar-refractivity contribution in [3.8, 4) is 11.5 Å². The van der Waals surface area contributed by atoms with Gasteiger partial charge in [0.15, 0.2) is 5.82 Å². The first kappa shape index (κ1) is 15.5. The average Bonchev–Trinajstić information content (AvgIpc) is 2.94. The van der Waals surface area contributed by atoms with E-state index in [0.29, 0.717) is 28.0 Å². The van der Waals surface area contributed by atoms with Gasteiger partial charge in [0, 0.05) is 16.3 Å². The minimum atomic E-state index is -3.70.